The zero-order valence-corrected chi connectivity index (χ0v) is 16.8. The Morgan fingerprint density at radius 2 is 1.88 bits per heavy atom. The lowest BCUT2D eigenvalue weighted by Crippen LogP contribution is -2.30. The second-order valence-electron chi connectivity index (χ2n) is 6.25. The van der Waals surface area contributed by atoms with E-state index in [0.29, 0.717) is 5.76 Å². The van der Waals surface area contributed by atoms with E-state index in [9.17, 15) is 4.79 Å². The number of esters is 1. The molecular weight excluding hydrogens is 404 g/mol. The first kappa shape index (κ1) is 18.6. The summed E-state index contributed by atoms with van der Waals surface area (Å²) < 4.78 is 12.0. The molecule has 7 heteroatoms. The highest BCUT2D eigenvalue weighted by molar-refractivity contribution is 9.10. The third-order valence-electron chi connectivity index (χ3n) is 4.25. The standard InChI is InChI=1S/C18H23BrN2O3S/c1-14(22)23-13-16-4-3-15(24-16)11-20-6-2-7-21(9-8-20)12-18-17(19)5-10-25-18/h3-5,10H,2,6-9,11-13H2,1H3. The van der Waals surface area contributed by atoms with Gasteiger partial charge in [-0.2, -0.15) is 0 Å². The van der Waals surface area contributed by atoms with Gasteiger partial charge in [-0.15, -0.1) is 11.3 Å². The third-order valence-corrected chi connectivity index (χ3v) is 6.16. The van der Waals surface area contributed by atoms with E-state index in [1.165, 1.54) is 16.3 Å². The molecule has 1 saturated heterocycles. The van der Waals surface area contributed by atoms with Crippen LogP contribution in [0.15, 0.2) is 32.5 Å². The van der Waals surface area contributed by atoms with Gasteiger partial charge in [0.15, 0.2) is 0 Å². The maximum atomic E-state index is 10.9. The van der Waals surface area contributed by atoms with Crippen LogP contribution in [0.4, 0.5) is 0 Å². The SMILES string of the molecule is CC(=O)OCc1ccc(CN2CCCN(Cc3sccc3Br)CC2)o1. The Kier molecular flexibility index (Phi) is 6.70. The summed E-state index contributed by atoms with van der Waals surface area (Å²) in [6.45, 7) is 7.71. The highest BCUT2D eigenvalue weighted by Gasteiger charge is 2.17. The van der Waals surface area contributed by atoms with Crippen LogP contribution < -0.4 is 0 Å². The average molecular weight is 427 g/mol. The molecule has 2 aromatic heterocycles. The van der Waals surface area contributed by atoms with Gasteiger partial charge in [-0.3, -0.25) is 14.6 Å². The van der Waals surface area contributed by atoms with Crippen molar-refractivity contribution >= 4 is 33.2 Å². The molecule has 0 spiro atoms. The van der Waals surface area contributed by atoms with Gasteiger partial charge in [-0.05, 0) is 59.0 Å². The molecule has 1 fully saturated rings. The summed E-state index contributed by atoms with van der Waals surface area (Å²) in [5.41, 5.74) is 0. The van der Waals surface area contributed by atoms with Gasteiger partial charge >= 0.3 is 5.97 Å². The van der Waals surface area contributed by atoms with Gasteiger partial charge in [0.1, 0.15) is 18.1 Å². The second-order valence-corrected chi connectivity index (χ2v) is 8.10. The quantitative estimate of drug-likeness (QED) is 0.655. The summed E-state index contributed by atoms with van der Waals surface area (Å²) in [7, 11) is 0. The normalized spacial score (nSPS) is 16.7. The molecule has 3 rings (SSSR count). The van der Waals surface area contributed by atoms with E-state index in [1.807, 2.05) is 23.5 Å². The van der Waals surface area contributed by atoms with Crippen molar-refractivity contribution < 1.29 is 13.9 Å². The third kappa shape index (κ3) is 5.67. The zero-order valence-electron chi connectivity index (χ0n) is 14.4. The molecule has 0 radical (unpaired) electrons. The number of furan rings is 1. The Labute approximate surface area is 160 Å². The van der Waals surface area contributed by atoms with Gasteiger partial charge in [0.05, 0.1) is 6.54 Å². The average Bonchev–Trinajstić information content (AvgIpc) is 3.12. The second kappa shape index (κ2) is 8.98. The Morgan fingerprint density at radius 3 is 2.56 bits per heavy atom. The summed E-state index contributed by atoms with van der Waals surface area (Å²) in [5, 5.41) is 2.13. The molecule has 0 N–H and O–H groups in total. The van der Waals surface area contributed by atoms with Crippen LogP contribution in [-0.4, -0.2) is 41.9 Å². The molecular formula is C18H23BrN2O3S. The molecule has 3 heterocycles. The van der Waals surface area contributed by atoms with E-state index in [0.717, 1.165) is 51.4 Å². The van der Waals surface area contributed by atoms with E-state index in [-0.39, 0.29) is 12.6 Å². The Balaban J connectivity index is 1.48. The highest BCUT2D eigenvalue weighted by Crippen LogP contribution is 2.24. The fourth-order valence-electron chi connectivity index (χ4n) is 2.96. The van der Waals surface area contributed by atoms with Crippen LogP contribution in [0.25, 0.3) is 0 Å². The molecule has 136 valence electrons. The van der Waals surface area contributed by atoms with Crippen molar-refractivity contribution in [1.82, 2.24) is 9.80 Å². The van der Waals surface area contributed by atoms with Crippen molar-refractivity contribution in [2.45, 2.75) is 33.0 Å². The lowest BCUT2D eigenvalue weighted by molar-refractivity contribution is -0.142. The first-order chi connectivity index (χ1) is 12.1. The minimum Gasteiger partial charge on any atom is -0.461 e. The van der Waals surface area contributed by atoms with Crippen LogP contribution in [0.5, 0.6) is 0 Å². The molecule has 5 nitrogen and oxygen atoms in total. The van der Waals surface area contributed by atoms with E-state index in [1.54, 1.807) is 0 Å². The predicted molar refractivity (Wildman–Crippen MR) is 101 cm³/mol. The van der Waals surface area contributed by atoms with E-state index >= 15 is 0 Å². The summed E-state index contributed by atoms with van der Waals surface area (Å²) in [4.78, 5) is 17.2. The van der Waals surface area contributed by atoms with E-state index in [4.69, 9.17) is 9.15 Å². The molecule has 0 aliphatic carbocycles. The van der Waals surface area contributed by atoms with Gasteiger partial charge in [0.25, 0.3) is 0 Å². The number of hydrogen-bond donors (Lipinski definition) is 0. The number of ether oxygens (including phenoxy) is 1. The van der Waals surface area contributed by atoms with Crippen LogP contribution in [0, 0.1) is 0 Å². The summed E-state index contributed by atoms with van der Waals surface area (Å²) in [6.07, 6.45) is 1.16. The van der Waals surface area contributed by atoms with Gasteiger partial charge in [0.2, 0.25) is 0 Å². The lowest BCUT2D eigenvalue weighted by atomic mass is 10.3. The Morgan fingerprint density at radius 1 is 1.16 bits per heavy atom. The first-order valence-corrected chi connectivity index (χ1v) is 10.1. The smallest absolute Gasteiger partial charge is 0.303 e. The van der Waals surface area contributed by atoms with Crippen LogP contribution in [0.3, 0.4) is 0 Å². The monoisotopic (exact) mass is 426 g/mol. The Hall–Kier alpha value is -1.15. The van der Waals surface area contributed by atoms with Crippen molar-refractivity contribution in [1.29, 1.82) is 0 Å². The molecule has 2 aromatic rings. The van der Waals surface area contributed by atoms with Crippen molar-refractivity contribution in [2.75, 3.05) is 26.2 Å². The molecule has 0 amide bonds. The largest absolute Gasteiger partial charge is 0.461 e. The van der Waals surface area contributed by atoms with E-state index in [2.05, 4.69) is 37.2 Å². The number of nitrogens with zero attached hydrogens (tertiary/aromatic N) is 2. The Bertz CT molecular complexity index is 700. The van der Waals surface area contributed by atoms with Crippen LogP contribution >= 0.6 is 27.3 Å². The molecule has 0 unspecified atom stereocenters. The number of hydrogen-bond acceptors (Lipinski definition) is 6. The minimum atomic E-state index is -0.289. The molecule has 1 aliphatic rings. The summed E-state index contributed by atoms with van der Waals surface area (Å²) in [5.74, 6) is 1.34. The van der Waals surface area contributed by atoms with Crippen molar-refractivity contribution in [3.8, 4) is 0 Å². The molecule has 0 atom stereocenters. The maximum absolute atomic E-state index is 10.9. The number of carbonyl (C=O) groups excluding carboxylic acids is 1. The lowest BCUT2D eigenvalue weighted by Gasteiger charge is -2.20. The number of halogens is 1. The van der Waals surface area contributed by atoms with Gasteiger partial charge < -0.3 is 9.15 Å². The fraction of sp³-hybridized carbons (Fsp3) is 0.500. The fourth-order valence-corrected chi connectivity index (χ4v) is 4.48. The molecule has 1 aliphatic heterocycles. The summed E-state index contributed by atoms with van der Waals surface area (Å²) in [6, 6.07) is 5.98. The molecule has 0 saturated carbocycles. The summed E-state index contributed by atoms with van der Waals surface area (Å²) >= 11 is 5.43. The first-order valence-electron chi connectivity index (χ1n) is 8.47. The van der Waals surface area contributed by atoms with Crippen molar-refractivity contribution in [3.05, 3.63) is 44.4 Å². The topological polar surface area (TPSA) is 45.9 Å². The highest BCUT2D eigenvalue weighted by atomic mass is 79.9. The molecule has 0 bridgehead atoms. The zero-order chi connectivity index (χ0) is 17.6. The predicted octanol–water partition coefficient (Wildman–Crippen LogP) is 3.87. The number of rotatable bonds is 6. The van der Waals surface area contributed by atoms with Crippen LogP contribution in [0.1, 0.15) is 29.7 Å². The number of carbonyl (C=O) groups is 1. The van der Waals surface area contributed by atoms with Crippen LogP contribution in [0.2, 0.25) is 0 Å². The number of thiophene rings is 1. The van der Waals surface area contributed by atoms with Gasteiger partial charge in [-0.1, -0.05) is 0 Å². The van der Waals surface area contributed by atoms with E-state index < -0.39 is 0 Å². The molecule has 25 heavy (non-hydrogen) atoms. The maximum Gasteiger partial charge on any atom is 0.303 e. The minimum absolute atomic E-state index is 0.207. The van der Waals surface area contributed by atoms with Crippen LogP contribution in [-0.2, 0) is 29.2 Å². The van der Waals surface area contributed by atoms with Crippen molar-refractivity contribution in [3.63, 3.8) is 0 Å². The van der Waals surface area contributed by atoms with Crippen molar-refractivity contribution in [2.24, 2.45) is 0 Å². The van der Waals surface area contributed by atoms with Gasteiger partial charge in [0, 0.05) is 35.9 Å². The van der Waals surface area contributed by atoms with Gasteiger partial charge in [-0.25, -0.2) is 0 Å². The molecule has 0 aromatic carbocycles.